The molecule has 0 aliphatic carbocycles. The first-order valence-corrected chi connectivity index (χ1v) is 4.21. The lowest BCUT2D eigenvalue weighted by molar-refractivity contribution is -0.166. The Morgan fingerprint density at radius 2 is 1.47 bits per heavy atom. The summed E-state index contributed by atoms with van der Waals surface area (Å²) in [6.07, 6.45) is -1.14. The summed E-state index contributed by atoms with van der Waals surface area (Å²) in [5.74, 6) is -3.72. The van der Waals surface area contributed by atoms with E-state index >= 15 is 0 Å². The lowest BCUT2D eigenvalue weighted by Crippen LogP contribution is -2.37. The fourth-order valence-corrected chi connectivity index (χ4v) is 0.939. The molecule has 0 radical (unpaired) electrons. The van der Waals surface area contributed by atoms with Gasteiger partial charge in [0.25, 0.3) is 0 Å². The van der Waals surface area contributed by atoms with Gasteiger partial charge in [0.15, 0.2) is 5.78 Å². The van der Waals surface area contributed by atoms with Crippen molar-refractivity contribution in [3.63, 3.8) is 0 Å². The van der Waals surface area contributed by atoms with E-state index in [2.05, 4.69) is 14.2 Å². The van der Waals surface area contributed by atoms with Crippen molar-refractivity contribution in [1.82, 2.24) is 0 Å². The first-order chi connectivity index (χ1) is 6.99. The van der Waals surface area contributed by atoms with Gasteiger partial charge in [0, 0.05) is 14.2 Å². The maximum atomic E-state index is 11.5. The van der Waals surface area contributed by atoms with Crippen LogP contribution in [-0.2, 0) is 28.6 Å². The third kappa shape index (κ3) is 3.41. The molecule has 86 valence electrons. The van der Waals surface area contributed by atoms with Crippen molar-refractivity contribution < 1.29 is 28.6 Å². The monoisotopic (exact) mass is 218 g/mol. The molecule has 0 aromatic carbocycles. The fourth-order valence-electron chi connectivity index (χ4n) is 0.939. The van der Waals surface area contributed by atoms with Gasteiger partial charge in [-0.1, -0.05) is 0 Å². The molecule has 0 aliphatic heterocycles. The minimum atomic E-state index is -1.14. The highest BCUT2D eigenvalue weighted by Gasteiger charge is 2.33. The van der Waals surface area contributed by atoms with Crippen molar-refractivity contribution in [3.8, 4) is 0 Å². The zero-order valence-electron chi connectivity index (χ0n) is 9.10. The summed E-state index contributed by atoms with van der Waals surface area (Å²) in [6.45, 7) is 1.30. The highest BCUT2D eigenvalue weighted by Crippen LogP contribution is 2.07. The number of ether oxygens (including phenoxy) is 3. The number of hydrogen-bond acceptors (Lipinski definition) is 6. The predicted octanol–water partition coefficient (Wildman–Crippen LogP) is -0.447. The van der Waals surface area contributed by atoms with E-state index in [1.54, 1.807) is 0 Å². The molecular weight excluding hydrogens is 204 g/mol. The maximum Gasteiger partial charge on any atom is 0.375 e. The Kier molecular flexibility index (Phi) is 5.73. The Bertz CT molecular complexity index is 255. The van der Waals surface area contributed by atoms with Crippen molar-refractivity contribution in [2.75, 3.05) is 21.3 Å². The molecule has 1 unspecified atom stereocenters. The van der Waals surface area contributed by atoms with Gasteiger partial charge < -0.3 is 14.2 Å². The molecule has 0 aromatic rings. The van der Waals surface area contributed by atoms with Gasteiger partial charge in [-0.2, -0.15) is 0 Å². The number of ketones is 2. The van der Waals surface area contributed by atoms with Crippen molar-refractivity contribution >= 4 is 17.5 Å². The molecule has 0 bridgehead atoms. The SMILES string of the molecule is COC(=O)C(=O)C(C)C(=O)C(OC)OC. The minimum absolute atomic E-state index is 0.615. The summed E-state index contributed by atoms with van der Waals surface area (Å²) < 4.78 is 13.5. The van der Waals surface area contributed by atoms with Crippen molar-refractivity contribution in [2.24, 2.45) is 5.92 Å². The second-order valence-corrected chi connectivity index (χ2v) is 2.78. The van der Waals surface area contributed by atoms with Crippen molar-refractivity contribution in [3.05, 3.63) is 0 Å². The highest BCUT2D eigenvalue weighted by atomic mass is 16.7. The molecule has 0 rings (SSSR count). The number of Topliss-reactive ketones (excluding diaryl/α,β-unsaturated/α-hetero) is 2. The van der Waals surface area contributed by atoms with Gasteiger partial charge in [-0.3, -0.25) is 9.59 Å². The number of rotatable bonds is 6. The second kappa shape index (κ2) is 6.26. The minimum Gasteiger partial charge on any atom is -0.463 e. The van der Waals surface area contributed by atoms with Crippen LogP contribution >= 0.6 is 0 Å². The van der Waals surface area contributed by atoms with Gasteiger partial charge in [-0.25, -0.2) is 4.79 Å². The number of hydrogen-bond donors (Lipinski definition) is 0. The summed E-state index contributed by atoms with van der Waals surface area (Å²) in [4.78, 5) is 33.6. The molecule has 6 nitrogen and oxygen atoms in total. The molecule has 0 aliphatic rings. The molecule has 1 atom stereocenters. The third-order valence-corrected chi connectivity index (χ3v) is 1.87. The second-order valence-electron chi connectivity index (χ2n) is 2.78. The van der Waals surface area contributed by atoms with E-state index in [9.17, 15) is 14.4 Å². The lowest BCUT2D eigenvalue weighted by atomic mass is 10.0. The van der Waals surface area contributed by atoms with Crippen LogP contribution < -0.4 is 0 Å². The molecule has 0 heterocycles. The van der Waals surface area contributed by atoms with Crippen LogP contribution in [0.5, 0.6) is 0 Å². The van der Waals surface area contributed by atoms with Crippen molar-refractivity contribution in [2.45, 2.75) is 13.2 Å². The van der Waals surface area contributed by atoms with Crippen LogP contribution in [-0.4, -0.2) is 45.2 Å². The molecule has 0 N–H and O–H groups in total. The van der Waals surface area contributed by atoms with Crippen LogP contribution in [0.2, 0.25) is 0 Å². The summed E-state index contributed by atoms with van der Waals surface area (Å²) in [5, 5.41) is 0. The lowest BCUT2D eigenvalue weighted by Gasteiger charge is -2.15. The quantitative estimate of drug-likeness (QED) is 0.260. The number of esters is 1. The number of carbonyl (C=O) groups excluding carboxylic acids is 3. The molecule has 15 heavy (non-hydrogen) atoms. The smallest absolute Gasteiger partial charge is 0.375 e. The Labute approximate surface area is 87.5 Å². The van der Waals surface area contributed by atoms with E-state index in [-0.39, 0.29) is 0 Å². The Morgan fingerprint density at radius 3 is 1.80 bits per heavy atom. The molecule has 0 spiro atoms. The average Bonchev–Trinajstić information content (AvgIpc) is 2.27. The summed E-state index contributed by atoms with van der Waals surface area (Å²) >= 11 is 0. The van der Waals surface area contributed by atoms with E-state index in [0.29, 0.717) is 0 Å². The van der Waals surface area contributed by atoms with Gasteiger partial charge in [0.05, 0.1) is 13.0 Å². The van der Waals surface area contributed by atoms with E-state index < -0.39 is 29.7 Å². The largest absolute Gasteiger partial charge is 0.463 e. The zero-order chi connectivity index (χ0) is 12.0. The van der Waals surface area contributed by atoms with Gasteiger partial charge in [-0.15, -0.1) is 0 Å². The standard InChI is InChI=1S/C9H14O6/c1-5(6(10)8(12)13-2)7(11)9(14-3)15-4/h5,9H,1-4H3. The molecule has 6 heteroatoms. The first-order valence-electron chi connectivity index (χ1n) is 4.21. The van der Waals surface area contributed by atoms with Gasteiger partial charge >= 0.3 is 5.97 Å². The predicted molar refractivity (Wildman–Crippen MR) is 49.0 cm³/mol. The number of methoxy groups -OCH3 is 3. The van der Waals surface area contributed by atoms with Crippen LogP contribution in [0.3, 0.4) is 0 Å². The highest BCUT2D eigenvalue weighted by molar-refractivity contribution is 6.38. The van der Waals surface area contributed by atoms with Gasteiger partial charge in [0.1, 0.15) is 0 Å². The van der Waals surface area contributed by atoms with E-state index in [4.69, 9.17) is 0 Å². The molecule has 0 saturated carbocycles. The fraction of sp³-hybridized carbons (Fsp3) is 0.667. The van der Waals surface area contributed by atoms with Crippen LogP contribution in [0.25, 0.3) is 0 Å². The van der Waals surface area contributed by atoms with Gasteiger partial charge in [0.2, 0.25) is 12.1 Å². The summed E-state index contributed by atoms with van der Waals surface area (Å²) in [5.41, 5.74) is 0. The van der Waals surface area contributed by atoms with Crippen LogP contribution in [0.15, 0.2) is 0 Å². The topological polar surface area (TPSA) is 78.9 Å². The maximum absolute atomic E-state index is 11.5. The molecule has 0 fully saturated rings. The molecule has 0 amide bonds. The zero-order valence-corrected chi connectivity index (χ0v) is 9.10. The summed E-state index contributed by atoms with van der Waals surface area (Å²) in [6, 6.07) is 0. The van der Waals surface area contributed by atoms with Crippen LogP contribution in [0, 0.1) is 5.92 Å². The average molecular weight is 218 g/mol. The van der Waals surface area contributed by atoms with E-state index in [1.165, 1.54) is 21.1 Å². The Hall–Kier alpha value is -1.27. The Morgan fingerprint density at radius 1 is 1.00 bits per heavy atom. The third-order valence-electron chi connectivity index (χ3n) is 1.87. The number of carbonyl (C=O) groups is 3. The molecule has 0 aromatic heterocycles. The molecule has 0 saturated heterocycles. The van der Waals surface area contributed by atoms with Crippen LogP contribution in [0.1, 0.15) is 6.92 Å². The van der Waals surface area contributed by atoms with E-state index in [1.807, 2.05) is 0 Å². The first kappa shape index (κ1) is 13.7. The normalized spacial score (nSPS) is 12.3. The molecular formula is C9H14O6. The Balaban J connectivity index is 4.56. The van der Waals surface area contributed by atoms with Gasteiger partial charge in [-0.05, 0) is 6.92 Å². The summed E-state index contributed by atoms with van der Waals surface area (Å²) in [7, 11) is 3.60. The van der Waals surface area contributed by atoms with Crippen molar-refractivity contribution in [1.29, 1.82) is 0 Å². The van der Waals surface area contributed by atoms with Crippen LogP contribution in [0.4, 0.5) is 0 Å². The van der Waals surface area contributed by atoms with E-state index in [0.717, 1.165) is 7.11 Å².